The Kier molecular flexibility index (Phi) is 3.82. The smallest absolute Gasteiger partial charge is 0.147 e. The van der Waals surface area contributed by atoms with Gasteiger partial charge in [-0.2, -0.15) is 0 Å². The number of hydrogen-bond donors (Lipinski definition) is 0. The zero-order valence-corrected chi connectivity index (χ0v) is 11.0. The maximum Gasteiger partial charge on any atom is 0.147 e. The summed E-state index contributed by atoms with van der Waals surface area (Å²) in [4.78, 5) is 4.42. The van der Waals surface area contributed by atoms with Crippen LogP contribution in [0.3, 0.4) is 0 Å². The molecule has 0 aromatic heterocycles. The van der Waals surface area contributed by atoms with Crippen LogP contribution in [0.15, 0.2) is 22.7 Å². The molecule has 0 aliphatic carbocycles. The Labute approximate surface area is 104 Å². The zero-order chi connectivity index (χ0) is 11.5. The lowest BCUT2D eigenvalue weighted by atomic mass is 10.2. The standard InChI is InChI=1S/C12H16BrFN2/c1-15-5-2-6-16(8-7-15)12-4-3-10(13)9-11(12)14/h3-4,9H,2,5-8H2,1H3. The summed E-state index contributed by atoms with van der Waals surface area (Å²) < 4.78 is 14.6. The van der Waals surface area contributed by atoms with E-state index in [1.165, 1.54) is 6.07 Å². The van der Waals surface area contributed by atoms with E-state index in [4.69, 9.17) is 0 Å². The van der Waals surface area contributed by atoms with Crippen molar-refractivity contribution >= 4 is 21.6 Å². The Morgan fingerprint density at radius 2 is 2.00 bits per heavy atom. The van der Waals surface area contributed by atoms with E-state index in [1.54, 1.807) is 0 Å². The fourth-order valence-corrected chi connectivity index (χ4v) is 2.36. The number of rotatable bonds is 1. The van der Waals surface area contributed by atoms with Crippen molar-refractivity contribution in [3.63, 3.8) is 0 Å². The van der Waals surface area contributed by atoms with Crippen molar-refractivity contribution in [3.8, 4) is 0 Å². The minimum Gasteiger partial charge on any atom is -0.368 e. The van der Waals surface area contributed by atoms with Crippen molar-refractivity contribution in [3.05, 3.63) is 28.5 Å². The summed E-state index contributed by atoms with van der Waals surface area (Å²) in [7, 11) is 2.11. The second-order valence-electron chi connectivity index (χ2n) is 4.24. The van der Waals surface area contributed by atoms with Crippen LogP contribution in [0.1, 0.15) is 6.42 Å². The van der Waals surface area contributed by atoms with Gasteiger partial charge in [0.2, 0.25) is 0 Å². The highest BCUT2D eigenvalue weighted by Crippen LogP contribution is 2.23. The van der Waals surface area contributed by atoms with Gasteiger partial charge in [0.25, 0.3) is 0 Å². The Hall–Kier alpha value is -0.610. The number of likely N-dealkylation sites (N-methyl/N-ethyl adjacent to an activating group) is 1. The van der Waals surface area contributed by atoms with Crippen LogP contribution >= 0.6 is 15.9 Å². The third-order valence-electron chi connectivity index (χ3n) is 2.97. The molecule has 1 aromatic carbocycles. The molecule has 0 radical (unpaired) electrons. The van der Waals surface area contributed by atoms with Crippen LogP contribution in [0.4, 0.5) is 10.1 Å². The molecule has 1 saturated heterocycles. The van der Waals surface area contributed by atoms with Crippen molar-refractivity contribution in [2.24, 2.45) is 0 Å². The van der Waals surface area contributed by atoms with Crippen molar-refractivity contribution in [1.82, 2.24) is 4.90 Å². The highest BCUT2D eigenvalue weighted by Gasteiger charge is 2.15. The first-order valence-corrected chi connectivity index (χ1v) is 6.34. The fourth-order valence-electron chi connectivity index (χ4n) is 2.03. The lowest BCUT2D eigenvalue weighted by Crippen LogP contribution is -2.29. The van der Waals surface area contributed by atoms with Crippen LogP contribution in [0.5, 0.6) is 0 Å². The summed E-state index contributed by atoms with van der Waals surface area (Å²) >= 11 is 3.28. The number of nitrogens with zero attached hydrogens (tertiary/aromatic N) is 2. The molecule has 0 N–H and O–H groups in total. The Morgan fingerprint density at radius 3 is 2.75 bits per heavy atom. The van der Waals surface area contributed by atoms with Gasteiger partial charge in [-0.3, -0.25) is 0 Å². The molecule has 2 nitrogen and oxygen atoms in total. The van der Waals surface area contributed by atoms with E-state index >= 15 is 0 Å². The second-order valence-corrected chi connectivity index (χ2v) is 5.16. The van der Waals surface area contributed by atoms with Gasteiger partial charge < -0.3 is 9.80 Å². The van der Waals surface area contributed by atoms with E-state index < -0.39 is 0 Å². The van der Waals surface area contributed by atoms with E-state index in [1.807, 2.05) is 12.1 Å². The topological polar surface area (TPSA) is 6.48 Å². The molecule has 0 spiro atoms. The third-order valence-corrected chi connectivity index (χ3v) is 3.46. The highest BCUT2D eigenvalue weighted by molar-refractivity contribution is 9.10. The molecular formula is C12H16BrFN2. The molecular weight excluding hydrogens is 271 g/mol. The third kappa shape index (κ3) is 2.74. The Bertz CT molecular complexity index is 370. The average molecular weight is 287 g/mol. The summed E-state index contributed by atoms with van der Waals surface area (Å²) in [5.41, 5.74) is 0.721. The van der Waals surface area contributed by atoms with Gasteiger partial charge >= 0.3 is 0 Å². The van der Waals surface area contributed by atoms with E-state index in [0.29, 0.717) is 0 Å². The molecule has 2 rings (SSSR count). The number of halogens is 2. The molecule has 88 valence electrons. The Morgan fingerprint density at radius 1 is 1.19 bits per heavy atom. The summed E-state index contributed by atoms with van der Waals surface area (Å²) in [6, 6.07) is 5.28. The minimum absolute atomic E-state index is 0.140. The summed E-state index contributed by atoms with van der Waals surface area (Å²) in [5.74, 6) is -0.140. The van der Waals surface area contributed by atoms with Gasteiger partial charge in [-0.25, -0.2) is 4.39 Å². The molecule has 4 heteroatoms. The van der Waals surface area contributed by atoms with Gasteiger partial charge in [0.15, 0.2) is 0 Å². The maximum atomic E-state index is 13.8. The molecule has 1 heterocycles. The van der Waals surface area contributed by atoms with Gasteiger partial charge in [-0.05, 0) is 38.2 Å². The molecule has 0 unspecified atom stereocenters. The van der Waals surface area contributed by atoms with E-state index in [-0.39, 0.29) is 5.82 Å². The fraction of sp³-hybridized carbons (Fsp3) is 0.500. The monoisotopic (exact) mass is 286 g/mol. The van der Waals surface area contributed by atoms with Gasteiger partial charge in [-0.15, -0.1) is 0 Å². The first-order valence-electron chi connectivity index (χ1n) is 5.55. The molecule has 0 amide bonds. The lowest BCUT2D eigenvalue weighted by Gasteiger charge is -2.23. The summed E-state index contributed by atoms with van der Waals surface area (Å²) in [6.45, 7) is 3.92. The molecule has 16 heavy (non-hydrogen) atoms. The largest absolute Gasteiger partial charge is 0.368 e. The average Bonchev–Trinajstić information content (AvgIpc) is 2.43. The number of hydrogen-bond acceptors (Lipinski definition) is 2. The SMILES string of the molecule is CN1CCCN(c2ccc(Br)cc2F)CC1. The summed E-state index contributed by atoms with van der Waals surface area (Å²) in [5, 5.41) is 0. The number of benzene rings is 1. The Balaban J connectivity index is 2.16. The van der Waals surface area contributed by atoms with Crippen LogP contribution in [-0.4, -0.2) is 38.1 Å². The lowest BCUT2D eigenvalue weighted by molar-refractivity contribution is 0.360. The zero-order valence-electron chi connectivity index (χ0n) is 9.42. The molecule has 0 atom stereocenters. The number of anilines is 1. The van der Waals surface area contributed by atoms with Crippen molar-refractivity contribution in [1.29, 1.82) is 0 Å². The van der Waals surface area contributed by atoms with Crippen molar-refractivity contribution in [2.45, 2.75) is 6.42 Å². The van der Waals surface area contributed by atoms with Crippen molar-refractivity contribution in [2.75, 3.05) is 38.1 Å². The first-order chi connectivity index (χ1) is 7.66. The van der Waals surface area contributed by atoms with Gasteiger partial charge in [0.05, 0.1) is 5.69 Å². The van der Waals surface area contributed by atoms with E-state index in [0.717, 1.165) is 42.8 Å². The normalized spacial score (nSPS) is 18.6. The van der Waals surface area contributed by atoms with E-state index in [9.17, 15) is 4.39 Å². The van der Waals surface area contributed by atoms with Crippen LogP contribution in [0.25, 0.3) is 0 Å². The predicted octanol–water partition coefficient (Wildman–Crippen LogP) is 2.73. The maximum absolute atomic E-state index is 13.8. The minimum atomic E-state index is -0.140. The highest BCUT2D eigenvalue weighted by atomic mass is 79.9. The van der Waals surface area contributed by atoms with Gasteiger partial charge in [-0.1, -0.05) is 15.9 Å². The van der Waals surface area contributed by atoms with Gasteiger partial charge in [0.1, 0.15) is 5.82 Å². The molecule has 1 aliphatic heterocycles. The van der Waals surface area contributed by atoms with Gasteiger partial charge in [0, 0.05) is 24.1 Å². The molecule has 1 aromatic rings. The molecule has 0 saturated carbocycles. The predicted molar refractivity (Wildman–Crippen MR) is 68.4 cm³/mol. The molecule has 1 aliphatic rings. The molecule has 0 bridgehead atoms. The van der Waals surface area contributed by atoms with Crippen LogP contribution in [0, 0.1) is 5.82 Å². The second kappa shape index (κ2) is 5.15. The molecule has 1 fully saturated rings. The van der Waals surface area contributed by atoms with E-state index in [2.05, 4.69) is 32.8 Å². The van der Waals surface area contributed by atoms with Crippen LogP contribution in [0.2, 0.25) is 0 Å². The first kappa shape index (κ1) is 11.9. The van der Waals surface area contributed by atoms with Crippen LogP contribution < -0.4 is 4.90 Å². The summed E-state index contributed by atoms with van der Waals surface area (Å²) in [6.07, 6.45) is 1.09. The van der Waals surface area contributed by atoms with Crippen LogP contribution in [-0.2, 0) is 0 Å². The van der Waals surface area contributed by atoms with Crippen molar-refractivity contribution < 1.29 is 4.39 Å². The quantitative estimate of drug-likeness (QED) is 0.783.